The maximum absolute atomic E-state index is 12.0. The van der Waals surface area contributed by atoms with E-state index in [1.54, 1.807) is 0 Å². The minimum Gasteiger partial charge on any atom is -0.394 e. The molecule has 120 valence electrons. The van der Waals surface area contributed by atoms with Gasteiger partial charge in [0.2, 0.25) is 0 Å². The van der Waals surface area contributed by atoms with Crippen LogP contribution in [0.25, 0.3) is 0 Å². The first kappa shape index (κ1) is 14.1. The van der Waals surface area contributed by atoms with E-state index in [2.05, 4.69) is 4.98 Å². The zero-order chi connectivity index (χ0) is 15.3. The van der Waals surface area contributed by atoms with E-state index in [-0.39, 0.29) is 6.61 Å². The highest BCUT2D eigenvalue weighted by Gasteiger charge is 2.59. The molecular formula is C14H18N2O6. The third-order valence-electron chi connectivity index (χ3n) is 4.66. The number of H-pyrrole nitrogens is 1. The van der Waals surface area contributed by atoms with Gasteiger partial charge in [0.15, 0.2) is 12.0 Å². The second-order valence-electron chi connectivity index (χ2n) is 6.05. The Kier molecular flexibility index (Phi) is 3.23. The Morgan fingerprint density at radius 2 is 2.00 bits per heavy atom. The third kappa shape index (κ3) is 2.06. The molecule has 3 aliphatic rings. The summed E-state index contributed by atoms with van der Waals surface area (Å²) in [6.07, 6.45) is 2.93. The standard InChI is InChI=1S/C14H18N2O6/c17-7-8-10-11(22-14(21-10)4-1-2-5-14)12(20-8)16-6-3-9(18)15-13(16)19/h3,6,8,10-12,17H,1-2,4-5,7H2,(H,15,18,19)/t8-,10+,11+,12-/m1/s1. The number of aromatic amines is 1. The molecule has 1 aromatic heterocycles. The van der Waals surface area contributed by atoms with Gasteiger partial charge in [-0.15, -0.1) is 0 Å². The number of nitrogens with zero attached hydrogens (tertiary/aromatic N) is 1. The van der Waals surface area contributed by atoms with Crippen molar-refractivity contribution in [1.82, 2.24) is 9.55 Å². The van der Waals surface area contributed by atoms with E-state index in [0.717, 1.165) is 25.7 Å². The largest absolute Gasteiger partial charge is 0.394 e. The van der Waals surface area contributed by atoms with Crippen molar-refractivity contribution in [1.29, 1.82) is 0 Å². The van der Waals surface area contributed by atoms with Crippen LogP contribution in [-0.4, -0.2) is 45.4 Å². The Morgan fingerprint density at radius 1 is 1.27 bits per heavy atom. The molecule has 4 atom stereocenters. The molecule has 0 unspecified atom stereocenters. The van der Waals surface area contributed by atoms with E-state index < -0.39 is 41.6 Å². The number of fused-ring (bicyclic) bond motifs is 1. The summed E-state index contributed by atoms with van der Waals surface area (Å²) in [6.45, 7) is -0.213. The van der Waals surface area contributed by atoms with Crippen LogP contribution in [-0.2, 0) is 14.2 Å². The monoisotopic (exact) mass is 310 g/mol. The molecule has 1 spiro atoms. The second-order valence-corrected chi connectivity index (χ2v) is 6.05. The van der Waals surface area contributed by atoms with Crippen LogP contribution in [0, 0.1) is 0 Å². The number of hydrogen-bond donors (Lipinski definition) is 2. The van der Waals surface area contributed by atoms with Gasteiger partial charge in [0.1, 0.15) is 18.3 Å². The van der Waals surface area contributed by atoms with Crippen molar-refractivity contribution >= 4 is 0 Å². The van der Waals surface area contributed by atoms with Crippen molar-refractivity contribution < 1.29 is 19.3 Å². The SMILES string of the molecule is O=c1ccn([C@@H]2O[C@H](CO)[C@@H]3OC4(CCCC4)O[C@@H]32)c(=O)[nH]1. The molecule has 3 fully saturated rings. The van der Waals surface area contributed by atoms with Crippen LogP contribution in [0.4, 0.5) is 0 Å². The minimum absolute atomic E-state index is 0.213. The van der Waals surface area contributed by atoms with Crippen molar-refractivity contribution in [3.05, 3.63) is 33.1 Å². The third-order valence-corrected chi connectivity index (χ3v) is 4.66. The van der Waals surface area contributed by atoms with Crippen LogP contribution in [0.5, 0.6) is 0 Å². The molecule has 2 saturated heterocycles. The van der Waals surface area contributed by atoms with E-state index in [0.29, 0.717) is 0 Å². The van der Waals surface area contributed by atoms with Crippen molar-refractivity contribution in [2.24, 2.45) is 0 Å². The van der Waals surface area contributed by atoms with Crippen molar-refractivity contribution in [3.8, 4) is 0 Å². The fraction of sp³-hybridized carbons (Fsp3) is 0.714. The summed E-state index contributed by atoms with van der Waals surface area (Å²) >= 11 is 0. The van der Waals surface area contributed by atoms with E-state index in [9.17, 15) is 14.7 Å². The summed E-state index contributed by atoms with van der Waals surface area (Å²) in [5.74, 6) is -0.615. The molecule has 2 N–H and O–H groups in total. The highest BCUT2D eigenvalue weighted by atomic mass is 16.8. The Hall–Kier alpha value is -1.48. The predicted molar refractivity (Wildman–Crippen MR) is 73.3 cm³/mol. The number of aliphatic hydroxyl groups is 1. The van der Waals surface area contributed by atoms with Crippen molar-refractivity contribution in [2.75, 3.05) is 6.61 Å². The highest BCUT2D eigenvalue weighted by molar-refractivity contribution is 5.00. The average molecular weight is 310 g/mol. The van der Waals surface area contributed by atoms with Gasteiger partial charge in [-0.2, -0.15) is 0 Å². The quantitative estimate of drug-likeness (QED) is 0.762. The zero-order valence-corrected chi connectivity index (χ0v) is 11.9. The molecular weight excluding hydrogens is 292 g/mol. The second kappa shape index (κ2) is 5.02. The maximum atomic E-state index is 12.0. The molecule has 8 nitrogen and oxygen atoms in total. The summed E-state index contributed by atoms with van der Waals surface area (Å²) < 4.78 is 19.2. The Morgan fingerprint density at radius 3 is 2.68 bits per heavy atom. The smallest absolute Gasteiger partial charge is 0.330 e. The number of hydrogen-bond acceptors (Lipinski definition) is 6. The molecule has 8 heteroatoms. The Balaban J connectivity index is 1.69. The summed E-state index contributed by atoms with van der Waals surface area (Å²) in [5, 5.41) is 9.52. The van der Waals surface area contributed by atoms with Crippen LogP contribution in [0.1, 0.15) is 31.9 Å². The van der Waals surface area contributed by atoms with E-state index in [1.165, 1.54) is 16.8 Å². The molecule has 2 aliphatic heterocycles. The van der Waals surface area contributed by atoms with Gasteiger partial charge < -0.3 is 19.3 Å². The molecule has 3 heterocycles. The molecule has 0 amide bonds. The number of rotatable bonds is 2. The first-order chi connectivity index (χ1) is 10.6. The lowest BCUT2D eigenvalue weighted by Gasteiger charge is -2.27. The lowest BCUT2D eigenvalue weighted by Crippen LogP contribution is -2.37. The Bertz CT molecular complexity index is 676. The highest BCUT2D eigenvalue weighted by Crippen LogP contribution is 2.48. The van der Waals surface area contributed by atoms with E-state index in [4.69, 9.17) is 14.2 Å². The van der Waals surface area contributed by atoms with E-state index >= 15 is 0 Å². The number of ether oxygens (including phenoxy) is 3. The summed E-state index contributed by atoms with van der Waals surface area (Å²) in [6, 6.07) is 1.26. The van der Waals surface area contributed by atoms with Crippen molar-refractivity contribution in [2.45, 2.75) is 56.0 Å². The first-order valence-corrected chi connectivity index (χ1v) is 7.55. The van der Waals surface area contributed by atoms with Crippen LogP contribution < -0.4 is 11.2 Å². The topological polar surface area (TPSA) is 103 Å². The van der Waals surface area contributed by atoms with E-state index in [1.807, 2.05) is 0 Å². The fourth-order valence-electron chi connectivity index (χ4n) is 3.65. The van der Waals surface area contributed by atoms with Gasteiger partial charge in [-0.25, -0.2) is 4.79 Å². The van der Waals surface area contributed by atoms with Gasteiger partial charge in [0, 0.05) is 25.1 Å². The lowest BCUT2D eigenvalue weighted by atomic mass is 10.1. The van der Waals surface area contributed by atoms with Gasteiger partial charge >= 0.3 is 5.69 Å². The fourth-order valence-corrected chi connectivity index (χ4v) is 3.65. The molecule has 4 rings (SSSR count). The summed E-state index contributed by atoms with van der Waals surface area (Å²) in [7, 11) is 0. The van der Waals surface area contributed by atoms with Gasteiger partial charge in [0.05, 0.1) is 6.61 Å². The van der Waals surface area contributed by atoms with Gasteiger partial charge in [0.25, 0.3) is 5.56 Å². The molecule has 0 aromatic carbocycles. The van der Waals surface area contributed by atoms with Crippen LogP contribution in [0.3, 0.4) is 0 Å². The lowest BCUT2D eigenvalue weighted by molar-refractivity contribution is -0.216. The summed E-state index contributed by atoms with van der Waals surface area (Å²) in [4.78, 5) is 25.4. The molecule has 0 bridgehead atoms. The van der Waals surface area contributed by atoms with Crippen molar-refractivity contribution in [3.63, 3.8) is 0 Å². The molecule has 1 aromatic rings. The molecule has 22 heavy (non-hydrogen) atoms. The van der Waals surface area contributed by atoms with Gasteiger partial charge in [-0.3, -0.25) is 14.3 Å². The predicted octanol–water partition coefficient (Wildman–Crippen LogP) is -0.519. The van der Waals surface area contributed by atoms with Crippen LogP contribution >= 0.6 is 0 Å². The number of aromatic nitrogens is 2. The molecule has 1 aliphatic carbocycles. The first-order valence-electron chi connectivity index (χ1n) is 7.55. The molecule has 1 saturated carbocycles. The van der Waals surface area contributed by atoms with Gasteiger partial charge in [-0.05, 0) is 12.8 Å². The average Bonchev–Trinajstić information content (AvgIpc) is 3.16. The minimum atomic E-state index is -0.716. The maximum Gasteiger partial charge on any atom is 0.330 e. The Labute approximate surface area is 125 Å². The zero-order valence-electron chi connectivity index (χ0n) is 11.9. The number of nitrogens with one attached hydrogen (secondary N) is 1. The van der Waals surface area contributed by atoms with Crippen LogP contribution in [0.15, 0.2) is 21.9 Å². The molecule has 0 radical (unpaired) electrons. The number of aliphatic hydroxyl groups excluding tert-OH is 1. The summed E-state index contributed by atoms with van der Waals surface area (Å²) in [5.41, 5.74) is -1.03. The van der Waals surface area contributed by atoms with Crippen LogP contribution in [0.2, 0.25) is 0 Å². The normalized spacial score (nSPS) is 36.0. The van der Waals surface area contributed by atoms with Gasteiger partial charge in [-0.1, -0.05) is 0 Å².